The molecule has 0 unspecified atom stereocenters. The Labute approximate surface area is 118 Å². The second-order valence-corrected chi connectivity index (χ2v) is 4.72. The Morgan fingerprint density at radius 1 is 1.20 bits per heavy atom. The number of rotatable bonds is 2. The van der Waals surface area contributed by atoms with Crippen LogP contribution in [0.4, 0.5) is 0 Å². The molecule has 3 aromatic rings. The van der Waals surface area contributed by atoms with E-state index in [2.05, 4.69) is 9.97 Å². The lowest BCUT2D eigenvalue weighted by molar-refractivity contribution is 0.0697. The van der Waals surface area contributed by atoms with Crippen molar-refractivity contribution in [1.29, 1.82) is 0 Å². The van der Waals surface area contributed by atoms with Crippen molar-refractivity contribution in [1.82, 2.24) is 9.97 Å². The van der Waals surface area contributed by atoms with Crippen molar-refractivity contribution < 1.29 is 15.0 Å². The molecule has 5 nitrogen and oxygen atoms in total. The minimum Gasteiger partial charge on any atom is -0.507 e. The zero-order valence-electron chi connectivity index (χ0n) is 10.1. The number of nitrogens with zero attached hydrogens (tertiary/aromatic N) is 1. The second kappa shape index (κ2) is 4.54. The first-order valence-corrected chi connectivity index (χ1v) is 6.14. The summed E-state index contributed by atoms with van der Waals surface area (Å²) in [5.41, 5.74) is 1.83. The lowest BCUT2D eigenvalue weighted by atomic mass is 10.2. The molecule has 0 saturated carbocycles. The van der Waals surface area contributed by atoms with Gasteiger partial charge in [-0.25, -0.2) is 9.78 Å². The predicted octanol–water partition coefficient (Wildman–Crippen LogP) is 3.29. The molecule has 6 heteroatoms. The molecular weight excluding hydrogens is 280 g/mol. The molecule has 20 heavy (non-hydrogen) atoms. The van der Waals surface area contributed by atoms with Crippen LogP contribution in [0.3, 0.4) is 0 Å². The summed E-state index contributed by atoms with van der Waals surface area (Å²) in [6, 6.07) is 9.23. The van der Waals surface area contributed by atoms with Crippen LogP contribution in [0.1, 0.15) is 10.4 Å². The first-order valence-electron chi connectivity index (χ1n) is 5.76. The number of aromatic nitrogens is 2. The summed E-state index contributed by atoms with van der Waals surface area (Å²) in [5, 5.41) is 19.3. The van der Waals surface area contributed by atoms with E-state index in [1.54, 1.807) is 18.2 Å². The number of benzene rings is 2. The molecule has 0 saturated heterocycles. The largest absolute Gasteiger partial charge is 0.507 e. The Morgan fingerprint density at radius 2 is 2.00 bits per heavy atom. The average molecular weight is 289 g/mol. The lowest BCUT2D eigenvalue weighted by Gasteiger charge is -2.01. The molecule has 0 radical (unpaired) electrons. The van der Waals surface area contributed by atoms with Crippen LogP contribution >= 0.6 is 11.6 Å². The lowest BCUT2D eigenvalue weighted by Crippen LogP contribution is -1.94. The minimum absolute atomic E-state index is 0.0481. The number of H-pyrrole nitrogens is 1. The van der Waals surface area contributed by atoms with E-state index in [0.29, 0.717) is 27.4 Å². The molecule has 0 fully saturated rings. The van der Waals surface area contributed by atoms with E-state index in [1.165, 1.54) is 18.2 Å². The maximum Gasteiger partial charge on any atom is 0.335 e. The summed E-state index contributed by atoms with van der Waals surface area (Å²) in [7, 11) is 0. The normalized spacial score (nSPS) is 10.8. The predicted molar refractivity (Wildman–Crippen MR) is 75.2 cm³/mol. The van der Waals surface area contributed by atoms with Crippen molar-refractivity contribution in [3.8, 4) is 17.1 Å². The minimum atomic E-state index is -1.01. The number of carboxylic acid groups (broad SMARTS) is 1. The molecule has 0 spiro atoms. The van der Waals surface area contributed by atoms with Crippen molar-refractivity contribution in [3.63, 3.8) is 0 Å². The number of hydrogen-bond acceptors (Lipinski definition) is 3. The molecule has 0 bridgehead atoms. The van der Waals surface area contributed by atoms with E-state index in [9.17, 15) is 9.90 Å². The number of hydrogen-bond donors (Lipinski definition) is 3. The quantitative estimate of drug-likeness (QED) is 0.675. The molecule has 0 aliphatic rings. The van der Waals surface area contributed by atoms with Gasteiger partial charge in [0.25, 0.3) is 0 Å². The number of halogens is 1. The van der Waals surface area contributed by atoms with Gasteiger partial charge in [0.2, 0.25) is 0 Å². The summed E-state index contributed by atoms with van der Waals surface area (Å²) in [6.07, 6.45) is 0. The molecule has 1 aromatic heterocycles. The summed E-state index contributed by atoms with van der Waals surface area (Å²) < 4.78 is 0. The van der Waals surface area contributed by atoms with Crippen molar-refractivity contribution in [3.05, 3.63) is 47.0 Å². The number of aromatic hydroxyl groups is 1. The summed E-state index contributed by atoms with van der Waals surface area (Å²) in [4.78, 5) is 18.2. The highest BCUT2D eigenvalue weighted by atomic mass is 35.5. The van der Waals surface area contributed by atoms with E-state index in [1.807, 2.05) is 0 Å². The maximum absolute atomic E-state index is 10.9. The van der Waals surface area contributed by atoms with Crippen molar-refractivity contribution >= 4 is 28.6 Å². The van der Waals surface area contributed by atoms with Gasteiger partial charge in [-0.3, -0.25) is 0 Å². The highest BCUT2D eigenvalue weighted by molar-refractivity contribution is 6.30. The Bertz CT molecular complexity index is 826. The monoisotopic (exact) mass is 288 g/mol. The van der Waals surface area contributed by atoms with Gasteiger partial charge in [0.05, 0.1) is 22.2 Å². The molecule has 0 aliphatic carbocycles. The molecule has 3 rings (SSSR count). The van der Waals surface area contributed by atoms with Crippen LogP contribution in [-0.4, -0.2) is 26.2 Å². The Balaban J connectivity index is 2.17. The van der Waals surface area contributed by atoms with Crippen LogP contribution in [0, 0.1) is 0 Å². The molecule has 1 heterocycles. The topological polar surface area (TPSA) is 86.2 Å². The van der Waals surface area contributed by atoms with Gasteiger partial charge in [-0.1, -0.05) is 11.6 Å². The number of phenolic OH excluding ortho intramolecular Hbond substituents is 1. The van der Waals surface area contributed by atoms with Gasteiger partial charge in [-0.05, 0) is 36.4 Å². The molecule has 2 aromatic carbocycles. The highest BCUT2D eigenvalue weighted by Gasteiger charge is 2.12. The average Bonchev–Trinajstić information content (AvgIpc) is 2.83. The SMILES string of the molecule is O=C(O)c1ccc2nc(-c3cc(Cl)ccc3O)[nH]c2c1. The van der Waals surface area contributed by atoms with Crippen LogP contribution < -0.4 is 0 Å². The van der Waals surface area contributed by atoms with Crippen molar-refractivity contribution in [2.24, 2.45) is 0 Å². The Morgan fingerprint density at radius 3 is 2.75 bits per heavy atom. The summed E-state index contributed by atoms with van der Waals surface area (Å²) in [5.74, 6) is -0.525. The zero-order chi connectivity index (χ0) is 14.3. The van der Waals surface area contributed by atoms with Crippen LogP contribution in [0.2, 0.25) is 5.02 Å². The fourth-order valence-corrected chi connectivity index (χ4v) is 2.14. The summed E-state index contributed by atoms with van der Waals surface area (Å²) in [6.45, 7) is 0. The van der Waals surface area contributed by atoms with E-state index in [-0.39, 0.29) is 11.3 Å². The standard InChI is InChI=1S/C14H9ClN2O3/c15-8-2-4-12(18)9(6-8)13-16-10-3-1-7(14(19)20)5-11(10)17-13/h1-6,18H,(H,16,17)(H,19,20). The van der Waals surface area contributed by atoms with Gasteiger partial charge in [-0.15, -0.1) is 0 Å². The Hall–Kier alpha value is -2.53. The smallest absolute Gasteiger partial charge is 0.335 e. The third-order valence-electron chi connectivity index (χ3n) is 2.94. The maximum atomic E-state index is 10.9. The van der Waals surface area contributed by atoms with Gasteiger partial charge in [0.15, 0.2) is 0 Å². The van der Waals surface area contributed by atoms with Crippen molar-refractivity contribution in [2.45, 2.75) is 0 Å². The first kappa shape index (κ1) is 12.5. The number of carbonyl (C=O) groups is 1. The van der Waals surface area contributed by atoms with Crippen molar-refractivity contribution in [2.75, 3.05) is 0 Å². The number of nitrogens with one attached hydrogen (secondary N) is 1. The van der Waals surface area contributed by atoms with Gasteiger partial charge in [0, 0.05) is 5.02 Å². The van der Waals surface area contributed by atoms with E-state index >= 15 is 0 Å². The van der Waals surface area contributed by atoms with Gasteiger partial charge in [0.1, 0.15) is 11.6 Å². The van der Waals surface area contributed by atoms with Gasteiger partial charge in [-0.2, -0.15) is 0 Å². The van der Waals surface area contributed by atoms with Crippen LogP contribution in [0.5, 0.6) is 5.75 Å². The zero-order valence-corrected chi connectivity index (χ0v) is 10.8. The molecule has 0 atom stereocenters. The van der Waals surface area contributed by atoms with E-state index in [0.717, 1.165) is 0 Å². The fraction of sp³-hybridized carbons (Fsp3) is 0. The van der Waals surface area contributed by atoms with Gasteiger partial charge >= 0.3 is 5.97 Å². The second-order valence-electron chi connectivity index (χ2n) is 4.28. The third kappa shape index (κ3) is 2.08. The Kier molecular flexibility index (Phi) is 2.84. The fourth-order valence-electron chi connectivity index (χ4n) is 1.97. The third-order valence-corrected chi connectivity index (χ3v) is 3.18. The number of carboxylic acids is 1. The van der Waals surface area contributed by atoms with E-state index in [4.69, 9.17) is 16.7 Å². The van der Waals surface area contributed by atoms with Crippen LogP contribution in [0.15, 0.2) is 36.4 Å². The number of fused-ring (bicyclic) bond motifs is 1. The summed E-state index contributed by atoms with van der Waals surface area (Å²) >= 11 is 5.90. The first-order chi connectivity index (χ1) is 9.54. The van der Waals surface area contributed by atoms with Gasteiger partial charge < -0.3 is 15.2 Å². The highest BCUT2D eigenvalue weighted by Crippen LogP contribution is 2.31. The van der Waals surface area contributed by atoms with Crippen LogP contribution in [-0.2, 0) is 0 Å². The molecule has 0 amide bonds. The molecule has 3 N–H and O–H groups in total. The molecule has 100 valence electrons. The molecular formula is C14H9ClN2O3. The van der Waals surface area contributed by atoms with Crippen LogP contribution in [0.25, 0.3) is 22.4 Å². The van der Waals surface area contributed by atoms with E-state index < -0.39 is 5.97 Å². The number of phenols is 1. The molecule has 0 aliphatic heterocycles. The number of imidazole rings is 1. The number of aromatic carboxylic acids is 1. The number of aromatic amines is 1.